The summed E-state index contributed by atoms with van der Waals surface area (Å²) >= 11 is 9.59. The molecule has 158 valence electrons. The van der Waals surface area contributed by atoms with Crippen LogP contribution in [-0.2, 0) is 4.74 Å². The van der Waals surface area contributed by atoms with E-state index in [1.165, 1.54) is 38.5 Å². The van der Waals surface area contributed by atoms with E-state index in [0.717, 1.165) is 31.6 Å². The Morgan fingerprint density at radius 2 is 1.81 bits per heavy atom. The molecule has 27 heavy (non-hydrogen) atoms. The largest absolute Gasteiger partial charge is 0.394 e. The van der Waals surface area contributed by atoms with Crippen molar-refractivity contribution in [1.82, 2.24) is 5.32 Å². The standard InChI is InChI=1S/C15H28N2O2S2.C6H12/c1-4-19-13-5-6-14(10(2)7-13)17-15(21)11(3)16-12(8-18)9-20;1-2-4-6-5-3-1/h10,12-14,18,20H,4-9H2,1-3H3,(H,17,21);1-6H2. The Hall–Kier alpha value is -0.170. The van der Waals surface area contributed by atoms with E-state index >= 15 is 0 Å². The number of aliphatic imine (C=N–C) groups is 1. The van der Waals surface area contributed by atoms with Crippen LogP contribution in [0.25, 0.3) is 0 Å². The lowest BCUT2D eigenvalue weighted by Gasteiger charge is -2.35. The number of hydrogen-bond donors (Lipinski definition) is 3. The lowest BCUT2D eigenvalue weighted by molar-refractivity contribution is 0.0160. The number of thiocarbonyl (C=S) groups is 1. The van der Waals surface area contributed by atoms with Gasteiger partial charge in [-0.15, -0.1) is 0 Å². The van der Waals surface area contributed by atoms with E-state index in [4.69, 9.17) is 22.1 Å². The van der Waals surface area contributed by atoms with Crippen LogP contribution in [0.3, 0.4) is 0 Å². The molecule has 4 nitrogen and oxygen atoms in total. The molecule has 0 aromatic rings. The van der Waals surface area contributed by atoms with Gasteiger partial charge in [-0.1, -0.05) is 57.7 Å². The van der Waals surface area contributed by atoms with E-state index in [1.807, 2.05) is 13.8 Å². The van der Waals surface area contributed by atoms with Gasteiger partial charge in [-0.05, 0) is 39.0 Å². The lowest BCUT2D eigenvalue weighted by Crippen LogP contribution is -2.45. The molecule has 0 spiro atoms. The number of hydrogen-bond acceptors (Lipinski definition) is 5. The molecule has 0 heterocycles. The van der Waals surface area contributed by atoms with Gasteiger partial charge in [0.1, 0.15) is 4.99 Å². The number of aliphatic hydroxyl groups is 1. The molecule has 0 aliphatic heterocycles. The Bertz CT molecular complexity index is 426. The fourth-order valence-electron chi connectivity index (χ4n) is 3.75. The van der Waals surface area contributed by atoms with Crippen molar-refractivity contribution in [2.24, 2.45) is 10.9 Å². The van der Waals surface area contributed by atoms with E-state index in [1.54, 1.807) is 0 Å². The molecule has 2 aliphatic rings. The molecule has 0 aromatic heterocycles. The number of nitrogens with zero attached hydrogens (tertiary/aromatic N) is 1. The average molecular weight is 417 g/mol. The molecule has 4 unspecified atom stereocenters. The van der Waals surface area contributed by atoms with Crippen molar-refractivity contribution in [3.63, 3.8) is 0 Å². The Labute approximate surface area is 177 Å². The van der Waals surface area contributed by atoms with Crippen molar-refractivity contribution in [3.05, 3.63) is 0 Å². The number of rotatable bonds is 7. The fourth-order valence-corrected chi connectivity index (χ4v) is 4.15. The summed E-state index contributed by atoms with van der Waals surface area (Å²) in [4.78, 5) is 5.09. The van der Waals surface area contributed by atoms with Crippen LogP contribution in [0, 0.1) is 5.92 Å². The molecule has 0 saturated heterocycles. The second-order valence-electron chi connectivity index (χ2n) is 7.80. The predicted octanol–water partition coefficient (Wildman–Crippen LogP) is 4.59. The summed E-state index contributed by atoms with van der Waals surface area (Å²) in [7, 11) is 0. The van der Waals surface area contributed by atoms with Crippen molar-refractivity contribution in [1.29, 1.82) is 0 Å². The minimum absolute atomic E-state index is 0.000673. The molecule has 0 aromatic carbocycles. The molecule has 0 radical (unpaired) electrons. The van der Waals surface area contributed by atoms with Gasteiger partial charge < -0.3 is 15.2 Å². The van der Waals surface area contributed by atoms with Crippen LogP contribution < -0.4 is 5.32 Å². The van der Waals surface area contributed by atoms with Crippen LogP contribution in [0.4, 0.5) is 0 Å². The summed E-state index contributed by atoms with van der Waals surface area (Å²) in [6.07, 6.45) is 12.6. The van der Waals surface area contributed by atoms with Crippen LogP contribution in [-0.4, -0.2) is 53.0 Å². The van der Waals surface area contributed by atoms with E-state index in [9.17, 15) is 0 Å². The molecule has 6 heteroatoms. The van der Waals surface area contributed by atoms with Crippen LogP contribution >= 0.6 is 24.8 Å². The number of ether oxygens (including phenoxy) is 1. The lowest BCUT2D eigenvalue weighted by atomic mass is 9.84. The average Bonchev–Trinajstić information content (AvgIpc) is 2.70. The van der Waals surface area contributed by atoms with Gasteiger partial charge in [0.2, 0.25) is 0 Å². The highest BCUT2D eigenvalue weighted by Gasteiger charge is 2.28. The molecule has 0 amide bonds. The van der Waals surface area contributed by atoms with Crippen molar-refractivity contribution in [2.75, 3.05) is 19.0 Å². The Morgan fingerprint density at radius 3 is 2.26 bits per heavy atom. The third-order valence-corrected chi connectivity index (χ3v) is 6.30. The third kappa shape index (κ3) is 10.2. The Balaban J connectivity index is 0.000000511. The van der Waals surface area contributed by atoms with Gasteiger partial charge in [0.15, 0.2) is 0 Å². The summed E-state index contributed by atoms with van der Waals surface area (Å²) in [5.74, 6) is 1.05. The number of aliphatic hydroxyl groups excluding tert-OH is 1. The summed E-state index contributed by atoms with van der Waals surface area (Å²) in [5, 5.41) is 12.6. The number of nitrogens with one attached hydrogen (secondary N) is 1. The van der Waals surface area contributed by atoms with Crippen molar-refractivity contribution in [2.45, 2.75) is 96.7 Å². The van der Waals surface area contributed by atoms with Gasteiger partial charge in [0.25, 0.3) is 0 Å². The monoisotopic (exact) mass is 416 g/mol. The maximum absolute atomic E-state index is 9.17. The van der Waals surface area contributed by atoms with Gasteiger partial charge in [-0.2, -0.15) is 12.6 Å². The summed E-state index contributed by atoms with van der Waals surface area (Å²) in [6.45, 7) is 6.95. The number of thiol groups is 1. The molecule has 2 N–H and O–H groups in total. The van der Waals surface area contributed by atoms with Gasteiger partial charge in [0, 0.05) is 18.4 Å². The van der Waals surface area contributed by atoms with E-state index < -0.39 is 0 Å². The Morgan fingerprint density at radius 1 is 1.22 bits per heavy atom. The minimum atomic E-state index is -0.181. The summed E-state index contributed by atoms with van der Waals surface area (Å²) in [5.41, 5.74) is 0.775. The SMILES string of the molecule is C1CCCCC1.CCOC1CCC(NC(=S)C(C)=NC(CO)CS)C(C)C1. The summed E-state index contributed by atoms with van der Waals surface area (Å²) in [6, 6.07) is 0.196. The quantitative estimate of drug-likeness (QED) is 0.323. The van der Waals surface area contributed by atoms with Gasteiger partial charge in [-0.25, -0.2) is 0 Å². The predicted molar refractivity (Wildman–Crippen MR) is 123 cm³/mol. The van der Waals surface area contributed by atoms with E-state index in [-0.39, 0.29) is 12.6 Å². The third-order valence-electron chi connectivity index (χ3n) is 5.47. The first-order valence-corrected chi connectivity index (χ1v) is 11.7. The summed E-state index contributed by atoms with van der Waals surface area (Å²) < 4.78 is 5.72. The van der Waals surface area contributed by atoms with Crippen LogP contribution in [0.15, 0.2) is 4.99 Å². The molecule has 2 aliphatic carbocycles. The smallest absolute Gasteiger partial charge is 0.120 e. The highest BCUT2D eigenvalue weighted by molar-refractivity contribution is 7.82. The second-order valence-corrected chi connectivity index (χ2v) is 8.58. The van der Waals surface area contributed by atoms with Crippen molar-refractivity contribution >= 4 is 35.5 Å². The van der Waals surface area contributed by atoms with Gasteiger partial charge >= 0.3 is 0 Å². The zero-order valence-corrected chi connectivity index (χ0v) is 19.2. The minimum Gasteiger partial charge on any atom is -0.394 e. The van der Waals surface area contributed by atoms with Crippen molar-refractivity contribution in [3.8, 4) is 0 Å². The highest BCUT2D eigenvalue weighted by atomic mass is 32.1. The fraction of sp³-hybridized carbons (Fsp3) is 0.905. The molecular weight excluding hydrogens is 376 g/mol. The Kier molecular flexibility index (Phi) is 13.6. The first-order chi connectivity index (χ1) is 13.0. The van der Waals surface area contributed by atoms with Gasteiger partial charge in [0.05, 0.1) is 24.5 Å². The topological polar surface area (TPSA) is 53.8 Å². The molecule has 2 rings (SSSR count). The molecule has 2 fully saturated rings. The first-order valence-electron chi connectivity index (χ1n) is 10.7. The van der Waals surface area contributed by atoms with Crippen LogP contribution in [0.5, 0.6) is 0 Å². The molecular formula is C21H40N2O2S2. The maximum Gasteiger partial charge on any atom is 0.120 e. The van der Waals surface area contributed by atoms with Crippen LogP contribution in [0.1, 0.15) is 78.6 Å². The van der Waals surface area contributed by atoms with E-state index in [2.05, 4.69) is 29.9 Å². The zero-order chi connectivity index (χ0) is 20.1. The maximum atomic E-state index is 9.17. The first kappa shape index (κ1) is 24.9. The highest BCUT2D eigenvalue weighted by Crippen LogP contribution is 2.26. The van der Waals surface area contributed by atoms with Crippen LogP contribution in [0.2, 0.25) is 0 Å². The normalized spacial score (nSPS) is 27.3. The zero-order valence-electron chi connectivity index (χ0n) is 17.5. The van der Waals surface area contributed by atoms with E-state index in [0.29, 0.717) is 28.8 Å². The van der Waals surface area contributed by atoms with Gasteiger partial charge in [-0.3, -0.25) is 4.99 Å². The van der Waals surface area contributed by atoms with Crippen molar-refractivity contribution < 1.29 is 9.84 Å². The second kappa shape index (κ2) is 14.8. The molecule has 0 bridgehead atoms. The molecule has 4 atom stereocenters. The molecule has 2 saturated carbocycles.